The van der Waals surface area contributed by atoms with E-state index in [4.69, 9.17) is 0 Å². The lowest BCUT2D eigenvalue weighted by Crippen LogP contribution is -2.07. The fourth-order valence-corrected chi connectivity index (χ4v) is 4.01. The maximum Gasteiger partial charge on any atom is 0.292 e. The van der Waals surface area contributed by atoms with Crippen LogP contribution < -0.4 is 10.9 Å². The van der Waals surface area contributed by atoms with Crippen molar-refractivity contribution in [2.24, 2.45) is 0 Å². The number of anilines is 1. The summed E-state index contributed by atoms with van der Waals surface area (Å²) in [4.78, 5) is 32.1. The van der Waals surface area contributed by atoms with Crippen LogP contribution in [0.4, 0.5) is 11.4 Å². The summed E-state index contributed by atoms with van der Waals surface area (Å²) in [6, 6.07) is 16.5. The highest BCUT2D eigenvalue weighted by Crippen LogP contribution is 2.31. The second-order valence-corrected chi connectivity index (χ2v) is 7.29. The Balaban J connectivity index is 1.69. The Morgan fingerprint density at radius 2 is 1.93 bits per heavy atom. The highest BCUT2D eigenvalue weighted by Gasteiger charge is 2.13. The Kier molecular flexibility index (Phi) is 4.92. The molecule has 0 saturated carbocycles. The number of rotatable bonds is 5. The van der Waals surface area contributed by atoms with Gasteiger partial charge in [-0.25, -0.2) is 4.98 Å². The summed E-state index contributed by atoms with van der Waals surface area (Å²) in [5.41, 5.74) is 1.87. The molecule has 2 N–H and O–H groups in total. The van der Waals surface area contributed by atoms with Gasteiger partial charge in [0.2, 0.25) is 0 Å². The molecule has 29 heavy (non-hydrogen) atoms. The fourth-order valence-electron chi connectivity index (χ4n) is 2.96. The van der Waals surface area contributed by atoms with Gasteiger partial charge in [-0.05, 0) is 29.3 Å². The molecular weight excluding hydrogens is 388 g/mol. The van der Waals surface area contributed by atoms with Gasteiger partial charge < -0.3 is 10.3 Å². The second kappa shape index (κ2) is 7.69. The summed E-state index contributed by atoms with van der Waals surface area (Å²) in [5, 5.41) is 14.5. The average Bonchev–Trinajstić information content (AvgIpc) is 3.17. The fraction of sp³-hybridized carbons (Fsp3) is 0.0476. The minimum atomic E-state index is -0.438. The monoisotopic (exact) mass is 404 g/mol. The molecule has 0 fully saturated rings. The molecule has 0 spiro atoms. The van der Waals surface area contributed by atoms with Crippen molar-refractivity contribution in [1.82, 2.24) is 9.97 Å². The van der Waals surface area contributed by atoms with E-state index in [-0.39, 0.29) is 11.2 Å². The number of nitrogens with one attached hydrogen (secondary N) is 2. The molecule has 0 aliphatic heterocycles. The lowest BCUT2D eigenvalue weighted by molar-refractivity contribution is -0.383. The molecule has 0 bridgehead atoms. The molecule has 7 nitrogen and oxygen atoms in total. The molecule has 4 aromatic rings. The Hall–Kier alpha value is -3.78. The smallest absolute Gasteiger partial charge is 0.292 e. The number of nitro groups is 1. The summed E-state index contributed by atoms with van der Waals surface area (Å²) in [5.74, 6) is 0.393. The van der Waals surface area contributed by atoms with Gasteiger partial charge >= 0.3 is 0 Å². The van der Waals surface area contributed by atoms with Crippen LogP contribution in [0.15, 0.2) is 59.4 Å². The zero-order chi connectivity index (χ0) is 20.4. The molecule has 0 aliphatic carbocycles. The first-order chi connectivity index (χ1) is 14.0. The number of hydrogen-bond acceptors (Lipinski definition) is 6. The third kappa shape index (κ3) is 3.78. The first-order valence-corrected chi connectivity index (χ1v) is 9.60. The van der Waals surface area contributed by atoms with E-state index < -0.39 is 4.92 Å². The minimum absolute atomic E-state index is 0.0164. The van der Waals surface area contributed by atoms with Crippen LogP contribution >= 0.6 is 11.3 Å². The molecule has 2 aromatic carbocycles. The van der Waals surface area contributed by atoms with Gasteiger partial charge in [-0.15, -0.1) is 11.3 Å². The molecule has 0 unspecified atom stereocenters. The highest BCUT2D eigenvalue weighted by atomic mass is 32.1. The van der Waals surface area contributed by atoms with Crippen LogP contribution in [-0.4, -0.2) is 21.9 Å². The predicted octanol–water partition coefficient (Wildman–Crippen LogP) is 4.77. The summed E-state index contributed by atoms with van der Waals surface area (Å²) in [7, 11) is 1.63. The number of aromatic nitrogens is 2. The van der Waals surface area contributed by atoms with Crippen molar-refractivity contribution in [2.45, 2.75) is 0 Å². The number of nitro benzene ring substituents is 1. The Morgan fingerprint density at radius 3 is 2.66 bits per heavy atom. The maximum absolute atomic E-state index is 12.5. The van der Waals surface area contributed by atoms with Crippen LogP contribution in [0.2, 0.25) is 0 Å². The van der Waals surface area contributed by atoms with Crippen molar-refractivity contribution in [3.8, 4) is 10.4 Å². The van der Waals surface area contributed by atoms with E-state index in [1.165, 1.54) is 17.4 Å². The normalized spacial score (nSPS) is 11.2. The van der Waals surface area contributed by atoms with E-state index in [1.54, 1.807) is 31.3 Å². The molecule has 2 aromatic heterocycles. The topological polar surface area (TPSA) is 101 Å². The lowest BCUT2D eigenvalue weighted by Gasteiger charge is -2.02. The Morgan fingerprint density at radius 1 is 1.14 bits per heavy atom. The maximum atomic E-state index is 12.5. The molecule has 4 rings (SSSR count). The molecular formula is C21H16N4O3S. The van der Waals surface area contributed by atoms with E-state index >= 15 is 0 Å². The van der Waals surface area contributed by atoms with E-state index in [1.807, 2.05) is 36.4 Å². The van der Waals surface area contributed by atoms with E-state index in [2.05, 4.69) is 15.3 Å². The van der Waals surface area contributed by atoms with Crippen LogP contribution in [0.1, 0.15) is 11.4 Å². The number of thiophene rings is 1. The predicted molar refractivity (Wildman–Crippen MR) is 117 cm³/mol. The Labute approximate surface area is 169 Å². The van der Waals surface area contributed by atoms with Crippen molar-refractivity contribution in [3.63, 3.8) is 0 Å². The summed E-state index contributed by atoms with van der Waals surface area (Å²) in [6.45, 7) is 0. The molecule has 0 amide bonds. The van der Waals surface area contributed by atoms with Gasteiger partial charge in [-0.2, -0.15) is 0 Å². The molecule has 0 atom stereocenters. The van der Waals surface area contributed by atoms with Crippen molar-refractivity contribution in [3.05, 3.63) is 86.5 Å². The quantitative estimate of drug-likeness (QED) is 0.368. The van der Waals surface area contributed by atoms with E-state index in [0.29, 0.717) is 27.3 Å². The van der Waals surface area contributed by atoms with Crippen LogP contribution in [0.5, 0.6) is 0 Å². The third-order valence-electron chi connectivity index (χ3n) is 4.40. The average molecular weight is 404 g/mol. The number of benzene rings is 2. The minimum Gasteiger partial charge on any atom is -0.383 e. The van der Waals surface area contributed by atoms with Gasteiger partial charge in [0.15, 0.2) is 0 Å². The van der Waals surface area contributed by atoms with Crippen molar-refractivity contribution >= 4 is 45.1 Å². The van der Waals surface area contributed by atoms with Crippen LogP contribution in [0.3, 0.4) is 0 Å². The van der Waals surface area contributed by atoms with Gasteiger partial charge in [-0.3, -0.25) is 14.9 Å². The first kappa shape index (κ1) is 18.6. The molecule has 8 heteroatoms. The van der Waals surface area contributed by atoms with Crippen LogP contribution in [0.25, 0.3) is 32.8 Å². The zero-order valence-corrected chi connectivity index (χ0v) is 16.2. The number of fused-ring (bicyclic) bond motifs is 1. The zero-order valence-electron chi connectivity index (χ0n) is 15.4. The van der Waals surface area contributed by atoms with Crippen LogP contribution in [-0.2, 0) is 0 Å². The van der Waals surface area contributed by atoms with Gasteiger partial charge in [0, 0.05) is 18.0 Å². The van der Waals surface area contributed by atoms with Gasteiger partial charge in [-0.1, -0.05) is 42.5 Å². The van der Waals surface area contributed by atoms with E-state index in [0.717, 1.165) is 10.4 Å². The molecule has 2 heterocycles. The molecule has 144 valence electrons. The van der Waals surface area contributed by atoms with Gasteiger partial charge in [0.25, 0.3) is 11.2 Å². The number of aromatic amines is 1. The number of H-pyrrole nitrogens is 1. The summed E-state index contributed by atoms with van der Waals surface area (Å²) >= 11 is 1.45. The third-order valence-corrected chi connectivity index (χ3v) is 5.48. The number of nitrogens with zero attached hydrogens (tertiary/aromatic N) is 2. The van der Waals surface area contributed by atoms with Crippen molar-refractivity contribution in [2.75, 3.05) is 12.4 Å². The van der Waals surface area contributed by atoms with Gasteiger partial charge in [0.05, 0.1) is 10.3 Å². The highest BCUT2D eigenvalue weighted by molar-refractivity contribution is 7.21. The SMILES string of the molecule is CNc1ccc(/C=C/c2nc3sc(-c4ccccc4)cc3c(=O)[nH]2)cc1[N+](=O)[O-]. The molecule has 0 saturated heterocycles. The molecule has 0 aliphatic rings. The number of hydrogen-bond donors (Lipinski definition) is 2. The summed E-state index contributed by atoms with van der Waals surface area (Å²) < 4.78 is 0. The Bertz CT molecular complexity index is 1290. The summed E-state index contributed by atoms with van der Waals surface area (Å²) in [6.07, 6.45) is 3.32. The van der Waals surface area contributed by atoms with Crippen molar-refractivity contribution in [1.29, 1.82) is 0 Å². The lowest BCUT2D eigenvalue weighted by atomic mass is 10.1. The molecule has 0 radical (unpaired) electrons. The van der Waals surface area contributed by atoms with E-state index in [9.17, 15) is 14.9 Å². The second-order valence-electron chi connectivity index (χ2n) is 6.26. The van der Waals surface area contributed by atoms with Crippen molar-refractivity contribution < 1.29 is 4.92 Å². The van der Waals surface area contributed by atoms with Gasteiger partial charge in [0.1, 0.15) is 16.3 Å². The largest absolute Gasteiger partial charge is 0.383 e. The first-order valence-electron chi connectivity index (χ1n) is 8.79. The van der Waals surface area contributed by atoms with Crippen LogP contribution in [0, 0.1) is 10.1 Å². The standard InChI is InChI=1S/C21H16N4O3S/c1-22-16-9-7-13(11-17(16)25(27)28)8-10-19-23-20(26)15-12-18(29-21(15)24-19)14-5-3-2-4-6-14/h2-12,22H,1H3,(H,23,24,26)/b10-8+.